The number of nitrogens with zero attached hydrogens (tertiary/aromatic N) is 1. The molecule has 1 atom stereocenters. The van der Waals surface area contributed by atoms with E-state index < -0.39 is 5.63 Å². The Morgan fingerprint density at radius 1 is 0.917 bits per heavy atom. The summed E-state index contributed by atoms with van der Waals surface area (Å²) in [6.45, 7) is 6.98. The lowest BCUT2D eigenvalue weighted by Gasteiger charge is -2.10. The number of fused-ring (bicyclic) bond motifs is 1. The predicted octanol–water partition coefficient (Wildman–Crippen LogP) is 3.87. The van der Waals surface area contributed by atoms with E-state index in [9.17, 15) is 9.59 Å². The number of carbonyl (C=O) groups is 1. The number of ether oxygens (including phenoxy) is 5. The lowest BCUT2D eigenvalue weighted by molar-refractivity contribution is -0.149. The van der Waals surface area contributed by atoms with Crippen molar-refractivity contribution in [3.05, 3.63) is 59.1 Å². The van der Waals surface area contributed by atoms with Crippen molar-refractivity contribution in [2.75, 3.05) is 52.9 Å². The number of benzene rings is 1. The SMILES string of the molecule is CCC(C)C(=O)OCCOCCOCCOCCOc1ccc(-c2cc3cccnc3oc2=O)cc1. The van der Waals surface area contributed by atoms with Gasteiger partial charge in [0.2, 0.25) is 5.71 Å². The first kappa shape index (κ1) is 27.3. The molecule has 0 spiro atoms. The van der Waals surface area contributed by atoms with Crippen LogP contribution < -0.4 is 10.4 Å². The second kappa shape index (κ2) is 15.0. The smallest absolute Gasteiger partial charge is 0.345 e. The standard InChI is InChI=1S/C27H33NO8/c1-3-20(2)26(29)35-18-16-33-14-12-31-11-13-32-15-17-34-23-8-6-21(7-9-23)24-19-22-5-4-10-28-25(22)36-27(24)30/h4-10,19-20H,3,11-18H2,1-2H3. The molecule has 3 rings (SSSR count). The van der Waals surface area contributed by atoms with E-state index >= 15 is 0 Å². The molecule has 0 fully saturated rings. The highest BCUT2D eigenvalue weighted by Gasteiger charge is 2.11. The average Bonchev–Trinajstić information content (AvgIpc) is 2.90. The summed E-state index contributed by atoms with van der Waals surface area (Å²) < 4.78 is 32.4. The van der Waals surface area contributed by atoms with Crippen LogP contribution in [-0.4, -0.2) is 63.8 Å². The number of carbonyl (C=O) groups excluding carboxylic acids is 1. The zero-order valence-electron chi connectivity index (χ0n) is 20.8. The monoisotopic (exact) mass is 499 g/mol. The number of rotatable bonds is 16. The molecule has 194 valence electrons. The highest BCUT2D eigenvalue weighted by Crippen LogP contribution is 2.22. The van der Waals surface area contributed by atoms with Gasteiger partial charge in [-0.25, -0.2) is 9.78 Å². The highest BCUT2D eigenvalue weighted by molar-refractivity contribution is 5.78. The fourth-order valence-corrected chi connectivity index (χ4v) is 3.16. The minimum Gasteiger partial charge on any atom is -0.491 e. The lowest BCUT2D eigenvalue weighted by atomic mass is 10.1. The first-order valence-electron chi connectivity index (χ1n) is 12.1. The molecule has 0 saturated heterocycles. The first-order chi connectivity index (χ1) is 17.6. The average molecular weight is 500 g/mol. The molecular weight excluding hydrogens is 466 g/mol. The van der Waals surface area contributed by atoms with Gasteiger partial charge in [-0.05, 0) is 42.3 Å². The molecule has 3 aromatic rings. The van der Waals surface area contributed by atoms with Gasteiger partial charge in [-0.3, -0.25) is 4.79 Å². The van der Waals surface area contributed by atoms with Crippen LogP contribution in [0.4, 0.5) is 0 Å². The third-order valence-corrected chi connectivity index (χ3v) is 5.40. The van der Waals surface area contributed by atoms with Crippen LogP contribution in [0.3, 0.4) is 0 Å². The minimum atomic E-state index is -0.431. The highest BCUT2D eigenvalue weighted by atomic mass is 16.6. The van der Waals surface area contributed by atoms with E-state index in [4.69, 9.17) is 28.1 Å². The molecule has 0 radical (unpaired) electrons. The van der Waals surface area contributed by atoms with Crippen LogP contribution in [0.5, 0.6) is 5.75 Å². The zero-order valence-corrected chi connectivity index (χ0v) is 20.8. The molecule has 2 aromatic heterocycles. The maximum absolute atomic E-state index is 12.3. The van der Waals surface area contributed by atoms with Gasteiger partial charge in [-0.1, -0.05) is 26.0 Å². The molecule has 0 amide bonds. The molecule has 36 heavy (non-hydrogen) atoms. The van der Waals surface area contributed by atoms with Crippen LogP contribution in [-0.2, 0) is 23.7 Å². The topological polar surface area (TPSA) is 106 Å². The fraction of sp³-hybridized carbons (Fsp3) is 0.444. The summed E-state index contributed by atoms with van der Waals surface area (Å²) in [6.07, 6.45) is 2.35. The second-order valence-corrected chi connectivity index (χ2v) is 8.03. The Bertz CT molecular complexity index is 1130. The Hall–Kier alpha value is -3.27. The molecule has 9 nitrogen and oxygen atoms in total. The van der Waals surface area contributed by atoms with Crippen molar-refractivity contribution < 1.29 is 32.9 Å². The second-order valence-electron chi connectivity index (χ2n) is 8.03. The summed E-state index contributed by atoms with van der Waals surface area (Å²) >= 11 is 0. The van der Waals surface area contributed by atoms with Crippen molar-refractivity contribution in [2.45, 2.75) is 20.3 Å². The summed E-state index contributed by atoms with van der Waals surface area (Å²) in [7, 11) is 0. The zero-order chi connectivity index (χ0) is 25.6. The van der Waals surface area contributed by atoms with E-state index in [1.165, 1.54) is 0 Å². The summed E-state index contributed by atoms with van der Waals surface area (Å²) in [6, 6.07) is 12.7. The summed E-state index contributed by atoms with van der Waals surface area (Å²) in [4.78, 5) is 27.9. The fourth-order valence-electron chi connectivity index (χ4n) is 3.16. The number of aromatic nitrogens is 1. The maximum Gasteiger partial charge on any atom is 0.345 e. The Morgan fingerprint density at radius 3 is 2.22 bits per heavy atom. The van der Waals surface area contributed by atoms with Gasteiger partial charge in [-0.2, -0.15) is 0 Å². The van der Waals surface area contributed by atoms with Crippen molar-refractivity contribution in [1.29, 1.82) is 0 Å². The van der Waals surface area contributed by atoms with Crippen LogP contribution in [0.2, 0.25) is 0 Å². The van der Waals surface area contributed by atoms with Crippen LogP contribution in [0.15, 0.2) is 57.9 Å². The van der Waals surface area contributed by atoms with E-state index in [-0.39, 0.29) is 18.5 Å². The first-order valence-corrected chi connectivity index (χ1v) is 12.1. The van der Waals surface area contributed by atoms with Gasteiger partial charge in [0.1, 0.15) is 19.0 Å². The number of hydrogen-bond donors (Lipinski definition) is 0. The van der Waals surface area contributed by atoms with Crippen molar-refractivity contribution >= 4 is 17.1 Å². The van der Waals surface area contributed by atoms with Gasteiger partial charge >= 0.3 is 11.6 Å². The van der Waals surface area contributed by atoms with Crippen LogP contribution in [0, 0.1) is 5.92 Å². The molecule has 9 heteroatoms. The van der Waals surface area contributed by atoms with Crippen molar-refractivity contribution in [1.82, 2.24) is 4.98 Å². The minimum absolute atomic E-state index is 0.0803. The number of pyridine rings is 1. The summed E-state index contributed by atoms with van der Waals surface area (Å²) in [5, 5.41) is 0.765. The summed E-state index contributed by atoms with van der Waals surface area (Å²) in [5.41, 5.74) is 1.11. The third-order valence-electron chi connectivity index (χ3n) is 5.40. The molecule has 1 aromatic carbocycles. The van der Waals surface area contributed by atoms with Crippen LogP contribution in [0.25, 0.3) is 22.2 Å². The van der Waals surface area contributed by atoms with E-state index in [2.05, 4.69) is 4.98 Å². The summed E-state index contributed by atoms with van der Waals surface area (Å²) in [5.74, 6) is 0.407. The van der Waals surface area contributed by atoms with Gasteiger partial charge in [0, 0.05) is 11.6 Å². The van der Waals surface area contributed by atoms with Crippen molar-refractivity contribution in [3.63, 3.8) is 0 Å². The van der Waals surface area contributed by atoms with Gasteiger partial charge in [0.25, 0.3) is 0 Å². The van der Waals surface area contributed by atoms with Gasteiger partial charge in [-0.15, -0.1) is 0 Å². The normalized spacial score (nSPS) is 11.9. The van der Waals surface area contributed by atoms with Crippen molar-refractivity contribution in [2.24, 2.45) is 5.92 Å². The predicted molar refractivity (Wildman–Crippen MR) is 134 cm³/mol. The van der Waals surface area contributed by atoms with Crippen LogP contribution in [0.1, 0.15) is 20.3 Å². The van der Waals surface area contributed by atoms with Gasteiger partial charge in [0.05, 0.1) is 51.1 Å². The molecule has 2 heterocycles. The third kappa shape index (κ3) is 8.75. The Labute approximate surface area is 210 Å². The molecule has 0 aliphatic heterocycles. The number of hydrogen-bond acceptors (Lipinski definition) is 9. The molecule has 0 aliphatic carbocycles. The molecule has 1 unspecified atom stereocenters. The van der Waals surface area contributed by atoms with Gasteiger partial charge < -0.3 is 28.1 Å². The molecule has 0 saturated carbocycles. The quantitative estimate of drug-likeness (QED) is 0.214. The molecule has 0 bridgehead atoms. The van der Waals surface area contributed by atoms with E-state index in [1.54, 1.807) is 30.5 Å². The maximum atomic E-state index is 12.3. The molecule has 0 N–H and O–H groups in total. The Morgan fingerprint density at radius 2 is 1.56 bits per heavy atom. The van der Waals surface area contributed by atoms with Crippen LogP contribution >= 0.6 is 0 Å². The van der Waals surface area contributed by atoms with E-state index in [0.717, 1.165) is 17.4 Å². The van der Waals surface area contributed by atoms with E-state index in [0.29, 0.717) is 63.3 Å². The Balaban J connectivity index is 1.23. The van der Waals surface area contributed by atoms with Gasteiger partial charge in [0.15, 0.2) is 0 Å². The van der Waals surface area contributed by atoms with E-state index in [1.807, 2.05) is 32.0 Å². The Kier molecular flexibility index (Phi) is 11.4. The molecule has 0 aliphatic rings. The largest absolute Gasteiger partial charge is 0.491 e. The number of esters is 1. The lowest BCUT2D eigenvalue weighted by Crippen LogP contribution is -2.18. The van der Waals surface area contributed by atoms with Crippen molar-refractivity contribution in [3.8, 4) is 16.9 Å². The molecular formula is C27H33NO8.